The number of rotatable bonds is 1. The topological polar surface area (TPSA) is 42.0 Å². The van der Waals surface area contributed by atoms with Crippen LogP contribution in [0.25, 0.3) is 0 Å². The SMILES string of the molecule is CC(C)(C)NC(=O)c1cncc(Br)c1. The lowest BCUT2D eigenvalue weighted by Gasteiger charge is -2.20. The van der Waals surface area contributed by atoms with Crippen molar-refractivity contribution in [1.29, 1.82) is 0 Å². The van der Waals surface area contributed by atoms with Crippen LogP contribution >= 0.6 is 15.9 Å². The number of carbonyl (C=O) groups excluding carboxylic acids is 1. The Kier molecular flexibility index (Phi) is 3.26. The predicted molar refractivity (Wildman–Crippen MR) is 59.2 cm³/mol. The zero-order chi connectivity index (χ0) is 10.8. The minimum atomic E-state index is -0.223. The monoisotopic (exact) mass is 256 g/mol. The fourth-order valence-corrected chi connectivity index (χ4v) is 1.31. The summed E-state index contributed by atoms with van der Waals surface area (Å²) in [7, 11) is 0. The second-order valence-electron chi connectivity index (χ2n) is 4.10. The molecule has 0 aliphatic carbocycles. The molecule has 0 fully saturated rings. The molecule has 0 radical (unpaired) electrons. The summed E-state index contributed by atoms with van der Waals surface area (Å²) >= 11 is 3.27. The van der Waals surface area contributed by atoms with Crippen LogP contribution < -0.4 is 5.32 Å². The fraction of sp³-hybridized carbons (Fsp3) is 0.400. The summed E-state index contributed by atoms with van der Waals surface area (Å²) in [6.45, 7) is 5.82. The average molecular weight is 257 g/mol. The summed E-state index contributed by atoms with van der Waals surface area (Å²) in [5, 5.41) is 2.86. The lowest BCUT2D eigenvalue weighted by Crippen LogP contribution is -2.40. The first-order valence-electron chi connectivity index (χ1n) is 4.31. The number of nitrogens with one attached hydrogen (secondary N) is 1. The molecule has 0 aliphatic heterocycles. The third kappa shape index (κ3) is 3.46. The maximum atomic E-state index is 11.6. The molecule has 1 aromatic heterocycles. The number of pyridine rings is 1. The summed E-state index contributed by atoms with van der Waals surface area (Å²) in [6.07, 6.45) is 3.19. The molecular weight excluding hydrogens is 244 g/mol. The van der Waals surface area contributed by atoms with Gasteiger partial charge in [0, 0.05) is 22.4 Å². The van der Waals surface area contributed by atoms with E-state index in [0.29, 0.717) is 5.56 Å². The van der Waals surface area contributed by atoms with Crippen LogP contribution in [0.15, 0.2) is 22.9 Å². The van der Waals surface area contributed by atoms with Crippen LogP contribution in [0.1, 0.15) is 31.1 Å². The molecule has 1 aromatic rings. The van der Waals surface area contributed by atoms with Crippen LogP contribution in [-0.4, -0.2) is 16.4 Å². The molecule has 0 atom stereocenters. The molecule has 1 amide bonds. The summed E-state index contributed by atoms with van der Waals surface area (Å²) in [6, 6.07) is 1.74. The van der Waals surface area contributed by atoms with Gasteiger partial charge in [0.25, 0.3) is 5.91 Å². The lowest BCUT2D eigenvalue weighted by molar-refractivity contribution is 0.0919. The Labute approximate surface area is 92.1 Å². The molecule has 0 aliphatic rings. The van der Waals surface area contributed by atoms with Gasteiger partial charge >= 0.3 is 0 Å². The number of aromatic nitrogens is 1. The molecule has 1 heterocycles. The Morgan fingerprint density at radius 3 is 2.57 bits per heavy atom. The summed E-state index contributed by atoms with van der Waals surface area (Å²) in [5.74, 6) is -0.105. The average Bonchev–Trinajstić information content (AvgIpc) is 2.01. The van der Waals surface area contributed by atoms with Crippen LogP contribution in [-0.2, 0) is 0 Å². The molecule has 0 unspecified atom stereocenters. The van der Waals surface area contributed by atoms with Crippen molar-refractivity contribution < 1.29 is 4.79 Å². The first kappa shape index (κ1) is 11.2. The van der Waals surface area contributed by atoms with Gasteiger partial charge in [0.1, 0.15) is 0 Å². The van der Waals surface area contributed by atoms with Gasteiger partial charge in [-0.1, -0.05) is 0 Å². The van der Waals surface area contributed by atoms with E-state index in [2.05, 4.69) is 26.2 Å². The minimum Gasteiger partial charge on any atom is -0.347 e. The number of carbonyl (C=O) groups is 1. The Hall–Kier alpha value is -0.900. The normalized spacial score (nSPS) is 11.1. The summed E-state index contributed by atoms with van der Waals surface area (Å²) in [4.78, 5) is 15.6. The second-order valence-corrected chi connectivity index (χ2v) is 5.01. The zero-order valence-electron chi connectivity index (χ0n) is 8.47. The van der Waals surface area contributed by atoms with Gasteiger partial charge in [0.2, 0.25) is 0 Å². The highest BCUT2D eigenvalue weighted by Gasteiger charge is 2.15. The molecule has 0 aromatic carbocycles. The van der Waals surface area contributed by atoms with Crippen molar-refractivity contribution in [2.45, 2.75) is 26.3 Å². The van der Waals surface area contributed by atoms with Crippen molar-refractivity contribution >= 4 is 21.8 Å². The molecule has 0 spiro atoms. The highest BCUT2D eigenvalue weighted by atomic mass is 79.9. The first-order chi connectivity index (χ1) is 6.38. The van der Waals surface area contributed by atoms with Crippen molar-refractivity contribution in [3.8, 4) is 0 Å². The van der Waals surface area contributed by atoms with E-state index in [-0.39, 0.29) is 11.4 Å². The van der Waals surface area contributed by atoms with Crippen molar-refractivity contribution in [3.63, 3.8) is 0 Å². The van der Waals surface area contributed by atoms with Gasteiger partial charge in [0.05, 0.1) is 5.56 Å². The smallest absolute Gasteiger partial charge is 0.253 e. The molecule has 3 nitrogen and oxygen atoms in total. The number of hydrogen-bond donors (Lipinski definition) is 1. The zero-order valence-corrected chi connectivity index (χ0v) is 10.1. The Morgan fingerprint density at radius 2 is 2.07 bits per heavy atom. The quantitative estimate of drug-likeness (QED) is 0.839. The van der Waals surface area contributed by atoms with Crippen molar-refractivity contribution in [1.82, 2.24) is 10.3 Å². The van der Waals surface area contributed by atoms with Crippen molar-refractivity contribution in [3.05, 3.63) is 28.5 Å². The number of hydrogen-bond acceptors (Lipinski definition) is 2. The minimum absolute atomic E-state index is 0.105. The second kappa shape index (κ2) is 4.09. The Balaban J connectivity index is 2.80. The number of halogens is 1. The molecule has 0 saturated heterocycles. The van der Waals surface area contributed by atoms with Crippen LogP contribution in [0.5, 0.6) is 0 Å². The van der Waals surface area contributed by atoms with Gasteiger partial charge < -0.3 is 5.32 Å². The molecule has 1 rings (SSSR count). The highest BCUT2D eigenvalue weighted by Crippen LogP contribution is 2.10. The van der Waals surface area contributed by atoms with Gasteiger partial charge in [-0.3, -0.25) is 9.78 Å². The first-order valence-corrected chi connectivity index (χ1v) is 5.11. The van der Waals surface area contributed by atoms with Gasteiger partial charge in [-0.25, -0.2) is 0 Å². The van der Waals surface area contributed by atoms with E-state index in [9.17, 15) is 4.79 Å². The van der Waals surface area contributed by atoms with Crippen molar-refractivity contribution in [2.75, 3.05) is 0 Å². The molecule has 76 valence electrons. The molecule has 1 N–H and O–H groups in total. The fourth-order valence-electron chi connectivity index (χ4n) is 0.949. The van der Waals surface area contributed by atoms with Gasteiger partial charge in [-0.15, -0.1) is 0 Å². The maximum absolute atomic E-state index is 11.6. The van der Waals surface area contributed by atoms with Gasteiger partial charge in [-0.05, 0) is 42.8 Å². The molecule has 0 bridgehead atoms. The van der Waals surface area contributed by atoms with Crippen molar-refractivity contribution in [2.24, 2.45) is 0 Å². The van der Waals surface area contributed by atoms with E-state index in [0.717, 1.165) is 4.47 Å². The molecule has 14 heavy (non-hydrogen) atoms. The Morgan fingerprint density at radius 1 is 1.43 bits per heavy atom. The maximum Gasteiger partial charge on any atom is 0.253 e. The van der Waals surface area contributed by atoms with E-state index < -0.39 is 0 Å². The lowest BCUT2D eigenvalue weighted by atomic mass is 10.1. The van der Waals surface area contributed by atoms with E-state index >= 15 is 0 Å². The van der Waals surface area contributed by atoms with Gasteiger partial charge in [0.15, 0.2) is 0 Å². The third-order valence-corrected chi connectivity index (χ3v) is 1.89. The van der Waals surface area contributed by atoms with E-state index in [1.54, 1.807) is 18.5 Å². The van der Waals surface area contributed by atoms with Crippen LogP contribution in [0.3, 0.4) is 0 Å². The largest absolute Gasteiger partial charge is 0.347 e. The standard InChI is InChI=1S/C10H13BrN2O/c1-10(2,3)13-9(14)7-4-8(11)6-12-5-7/h4-6H,1-3H3,(H,13,14). The predicted octanol–water partition coefficient (Wildman–Crippen LogP) is 2.37. The summed E-state index contributed by atoms with van der Waals surface area (Å²) in [5.41, 5.74) is 0.341. The molecule has 4 heteroatoms. The third-order valence-electron chi connectivity index (χ3n) is 1.46. The number of amides is 1. The van der Waals surface area contributed by atoms with Gasteiger partial charge in [-0.2, -0.15) is 0 Å². The highest BCUT2D eigenvalue weighted by molar-refractivity contribution is 9.10. The van der Waals surface area contributed by atoms with Crippen LogP contribution in [0, 0.1) is 0 Å². The Bertz CT molecular complexity index is 344. The van der Waals surface area contributed by atoms with Crippen LogP contribution in [0.2, 0.25) is 0 Å². The van der Waals surface area contributed by atoms with Crippen LogP contribution in [0.4, 0.5) is 0 Å². The number of nitrogens with zero attached hydrogens (tertiary/aromatic N) is 1. The molecular formula is C10H13BrN2O. The summed E-state index contributed by atoms with van der Waals surface area (Å²) < 4.78 is 0.805. The van der Waals surface area contributed by atoms with E-state index in [4.69, 9.17) is 0 Å². The van der Waals surface area contributed by atoms with E-state index in [1.165, 1.54) is 0 Å². The molecule has 0 saturated carbocycles. The van der Waals surface area contributed by atoms with E-state index in [1.807, 2.05) is 20.8 Å².